The first-order valence-corrected chi connectivity index (χ1v) is 45.5. The molecule has 0 bridgehead atoms. The standard InChI is InChI=1S/C81H164O4S4/c1-5-9-13-17-21-25-29-33-37-41-45-49-53-57-69-86-73-61-65-82-77-81(78-83-66-62-74-87-70-58-54-50-46-42-38-34-30-26-22-18-14-10-6-2,79-84-67-63-75-88-71-59-55-51-47-43-39-35-31-27-23-19-15-11-7-3)80-85-68-64-76-89-72-60-56-52-48-44-40-36-32-28-24-20-16-12-8-4/h5-80H2,1-4H3. The molecular weight excluding hydrogens is 1170 g/mol. The van der Waals surface area contributed by atoms with Crippen LogP contribution in [0.15, 0.2) is 0 Å². The van der Waals surface area contributed by atoms with Crippen LogP contribution in [0.2, 0.25) is 0 Å². The zero-order chi connectivity index (χ0) is 63.9. The fraction of sp³-hybridized carbons (Fsp3) is 1.00. The van der Waals surface area contributed by atoms with Gasteiger partial charge in [-0.05, 0) is 97.4 Å². The summed E-state index contributed by atoms with van der Waals surface area (Å²) in [4.78, 5) is 0. The Kier molecular flexibility index (Phi) is 84.6. The lowest BCUT2D eigenvalue weighted by Gasteiger charge is -2.33. The molecule has 0 N–H and O–H groups in total. The van der Waals surface area contributed by atoms with Gasteiger partial charge in [0, 0.05) is 26.4 Å². The molecule has 0 aromatic carbocycles. The highest BCUT2D eigenvalue weighted by Crippen LogP contribution is 2.24. The van der Waals surface area contributed by atoms with Crippen molar-refractivity contribution in [3.63, 3.8) is 0 Å². The van der Waals surface area contributed by atoms with Crippen molar-refractivity contribution in [3.8, 4) is 0 Å². The first kappa shape index (κ1) is 90.2. The zero-order valence-corrected chi connectivity index (χ0v) is 64.8. The largest absolute Gasteiger partial charge is 0.381 e. The number of hydrogen-bond donors (Lipinski definition) is 0. The van der Waals surface area contributed by atoms with Gasteiger partial charge in [0.25, 0.3) is 0 Å². The van der Waals surface area contributed by atoms with Crippen LogP contribution >= 0.6 is 47.0 Å². The SMILES string of the molecule is CCCCCCCCCCCCCCCCSCCCOCC(COCCCSCCCCCCCCCCCCCCCC)(COCCCSCCCCCCCCCCCCCCCC)COCCCSCCCCCCCCCCCCCCCC. The Balaban J connectivity index is 4.99. The predicted octanol–water partition coefficient (Wildman–Crippen LogP) is 28.5. The van der Waals surface area contributed by atoms with E-state index in [0.717, 1.165) is 52.1 Å². The van der Waals surface area contributed by atoms with Crippen LogP contribution in [0.3, 0.4) is 0 Å². The Morgan fingerprint density at radius 1 is 0.157 bits per heavy atom. The smallest absolute Gasteiger partial charge is 0.0637 e. The average molecular weight is 1330 g/mol. The summed E-state index contributed by atoms with van der Waals surface area (Å²) in [5.41, 5.74) is -0.272. The third kappa shape index (κ3) is 78.1. The van der Waals surface area contributed by atoms with Gasteiger partial charge in [-0.2, -0.15) is 47.0 Å². The molecule has 0 spiro atoms. The maximum absolute atomic E-state index is 6.65. The molecule has 0 aliphatic carbocycles. The summed E-state index contributed by atoms with van der Waals surface area (Å²) in [6.07, 6.45) is 84.6. The van der Waals surface area contributed by atoms with Crippen LogP contribution in [-0.4, -0.2) is 98.9 Å². The van der Waals surface area contributed by atoms with Crippen molar-refractivity contribution in [1.29, 1.82) is 0 Å². The summed E-state index contributed by atoms with van der Waals surface area (Å²) in [5.74, 6) is 9.96. The van der Waals surface area contributed by atoms with Gasteiger partial charge in [0.1, 0.15) is 0 Å². The number of unbranched alkanes of at least 4 members (excludes halogenated alkanes) is 52. The minimum atomic E-state index is -0.272. The lowest BCUT2D eigenvalue weighted by molar-refractivity contribution is -0.106. The van der Waals surface area contributed by atoms with Gasteiger partial charge in [-0.15, -0.1) is 0 Å². The molecule has 0 aliphatic heterocycles. The van der Waals surface area contributed by atoms with Gasteiger partial charge in [-0.25, -0.2) is 0 Å². The molecule has 0 atom stereocenters. The van der Waals surface area contributed by atoms with Gasteiger partial charge in [0.05, 0.1) is 31.8 Å². The molecule has 0 aromatic rings. The Morgan fingerprint density at radius 2 is 0.281 bits per heavy atom. The molecule has 0 radical (unpaired) electrons. The third-order valence-electron chi connectivity index (χ3n) is 18.5. The summed E-state index contributed by atoms with van der Waals surface area (Å²) in [6, 6.07) is 0. The van der Waals surface area contributed by atoms with Gasteiger partial charge >= 0.3 is 0 Å². The van der Waals surface area contributed by atoms with Crippen LogP contribution in [0.1, 0.15) is 413 Å². The van der Waals surface area contributed by atoms with E-state index in [1.165, 1.54) is 406 Å². The third-order valence-corrected chi connectivity index (χ3v) is 23.1. The van der Waals surface area contributed by atoms with Crippen LogP contribution in [0, 0.1) is 5.41 Å². The molecule has 0 saturated carbocycles. The minimum absolute atomic E-state index is 0.272. The van der Waals surface area contributed by atoms with Crippen molar-refractivity contribution in [3.05, 3.63) is 0 Å². The van der Waals surface area contributed by atoms with Crippen LogP contribution in [0.4, 0.5) is 0 Å². The Hall–Kier alpha value is 1.24. The van der Waals surface area contributed by atoms with Gasteiger partial charge in [-0.3, -0.25) is 0 Å². The van der Waals surface area contributed by atoms with E-state index in [1.54, 1.807) is 0 Å². The molecule has 0 unspecified atom stereocenters. The van der Waals surface area contributed by atoms with E-state index in [9.17, 15) is 0 Å². The second kappa shape index (κ2) is 83.5. The van der Waals surface area contributed by atoms with Crippen LogP contribution in [0.25, 0.3) is 0 Å². The zero-order valence-electron chi connectivity index (χ0n) is 61.5. The quantitative estimate of drug-likeness (QED) is 0.0558. The van der Waals surface area contributed by atoms with E-state index in [-0.39, 0.29) is 5.41 Å². The summed E-state index contributed by atoms with van der Waals surface area (Å²) in [5, 5.41) is 0. The molecule has 4 nitrogen and oxygen atoms in total. The van der Waals surface area contributed by atoms with Crippen molar-refractivity contribution in [2.24, 2.45) is 5.41 Å². The second-order valence-corrected chi connectivity index (χ2v) is 32.9. The van der Waals surface area contributed by atoms with Gasteiger partial charge in [0.15, 0.2) is 0 Å². The van der Waals surface area contributed by atoms with Crippen molar-refractivity contribution >= 4 is 47.0 Å². The monoisotopic (exact) mass is 1330 g/mol. The number of ether oxygens (including phenoxy) is 4. The average Bonchev–Trinajstić information content (AvgIpc) is 3.74. The van der Waals surface area contributed by atoms with Crippen LogP contribution in [0.5, 0.6) is 0 Å². The van der Waals surface area contributed by atoms with E-state index in [2.05, 4.69) is 74.7 Å². The van der Waals surface area contributed by atoms with Crippen molar-refractivity contribution in [2.75, 3.05) is 98.9 Å². The highest BCUT2D eigenvalue weighted by atomic mass is 32.2. The van der Waals surface area contributed by atoms with E-state index in [0.29, 0.717) is 26.4 Å². The number of hydrogen-bond acceptors (Lipinski definition) is 8. The summed E-state index contributed by atoms with van der Waals surface area (Å²) < 4.78 is 26.6. The number of rotatable bonds is 84. The molecule has 0 rings (SSSR count). The first-order valence-electron chi connectivity index (χ1n) is 40.9. The molecular formula is C81H164O4S4. The summed E-state index contributed by atoms with van der Waals surface area (Å²) >= 11 is 8.56. The van der Waals surface area contributed by atoms with Crippen molar-refractivity contribution in [1.82, 2.24) is 0 Å². The first-order chi connectivity index (χ1) is 44.2. The molecule has 8 heteroatoms. The fourth-order valence-electron chi connectivity index (χ4n) is 12.5. The molecule has 89 heavy (non-hydrogen) atoms. The Bertz CT molecular complexity index is 1030. The molecule has 0 aromatic heterocycles. The Morgan fingerprint density at radius 3 is 0.427 bits per heavy atom. The molecule has 536 valence electrons. The predicted molar refractivity (Wildman–Crippen MR) is 415 cm³/mol. The lowest BCUT2D eigenvalue weighted by atomic mass is 9.92. The molecule has 0 saturated heterocycles. The lowest BCUT2D eigenvalue weighted by Crippen LogP contribution is -2.42. The van der Waals surface area contributed by atoms with Crippen molar-refractivity contribution < 1.29 is 18.9 Å². The Labute approximate surface area is 579 Å². The summed E-state index contributed by atoms with van der Waals surface area (Å²) in [7, 11) is 0. The fourth-order valence-corrected chi connectivity index (χ4v) is 16.2. The highest BCUT2D eigenvalue weighted by molar-refractivity contribution is 7.99. The molecule has 0 fully saturated rings. The van der Waals surface area contributed by atoms with Crippen LogP contribution < -0.4 is 0 Å². The normalized spacial score (nSPS) is 12.0. The maximum atomic E-state index is 6.65. The van der Waals surface area contributed by atoms with E-state index in [1.807, 2.05) is 0 Å². The minimum Gasteiger partial charge on any atom is -0.381 e. The van der Waals surface area contributed by atoms with Gasteiger partial charge < -0.3 is 18.9 Å². The van der Waals surface area contributed by atoms with E-state index >= 15 is 0 Å². The second-order valence-electron chi connectivity index (χ2n) is 28.0. The molecule has 0 aliphatic rings. The van der Waals surface area contributed by atoms with Gasteiger partial charge in [0.2, 0.25) is 0 Å². The summed E-state index contributed by atoms with van der Waals surface area (Å²) in [6.45, 7) is 15.2. The topological polar surface area (TPSA) is 36.9 Å². The van der Waals surface area contributed by atoms with E-state index in [4.69, 9.17) is 18.9 Å². The van der Waals surface area contributed by atoms with Gasteiger partial charge in [-0.1, -0.05) is 362 Å². The van der Waals surface area contributed by atoms with E-state index < -0.39 is 0 Å². The van der Waals surface area contributed by atoms with Crippen molar-refractivity contribution in [2.45, 2.75) is 413 Å². The number of thioether (sulfide) groups is 4. The molecule has 0 amide bonds. The highest BCUT2D eigenvalue weighted by Gasteiger charge is 2.32. The molecule has 0 heterocycles. The van der Waals surface area contributed by atoms with Crippen LogP contribution in [-0.2, 0) is 18.9 Å². The maximum Gasteiger partial charge on any atom is 0.0637 e.